The molecule has 1 heterocycles. The highest BCUT2D eigenvalue weighted by Crippen LogP contribution is 2.12. The van der Waals surface area contributed by atoms with E-state index in [9.17, 15) is 4.79 Å². The van der Waals surface area contributed by atoms with Crippen LogP contribution in [0.3, 0.4) is 0 Å². The molecule has 21 heavy (non-hydrogen) atoms. The Morgan fingerprint density at radius 3 is 2.71 bits per heavy atom. The molecule has 2 atom stereocenters. The first-order valence-corrected chi connectivity index (χ1v) is 6.96. The molecular formula is C15H21NO5. The molecule has 2 rings (SSSR count). The molecule has 1 aromatic rings. The molecule has 1 aliphatic rings. The van der Waals surface area contributed by atoms with E-state index < -0.39 is 0 Å². The van der Waals surface area contributed by atoms with E-state index in [1.54, 1.807) is 31.4 Å². The lowest BCUT2D eigenvalue weighted by Crippen LogP contribution is -2.33. The summed E-state index contributed by atoms with van der Waals surface area (Å²) in [6.07, 6.45) is -0.496. The number of methoxy groups -OCH3 is 1. The fraction of sp³-hybridized carbons (Fsp3) is 0.533. The zero-order chi connectivity index (χ0) is 14.9. The van der Waals surface area contributed by atoms with Gasteiger partial charge in [0.1, 0.15) is 19.0 Å². The summed E-state index contributed by atoms with van der Waals surface area (Å²) in [5.74, 6) is -0.335. The number of carbonyl (C=O) groups excluding carboxylic acids is 1. The van der Waals surface area contributed by atoms with E-state index in [-0.39, 0.29) is 25.0 Å². The molecule has 1 saturated heterocycles. The molecule has 116 valence electrons. The van der Waals surface area contributed by atoms with Crippen LogP contribution in [0, 0.1) is 0 Å². The maximum Gasteiger partial charge on any atom is 0.338 e. The van der Waals surface area contributed by atoms with Crippen molar-refractivity contribution in [3.8, 4) is 0 Å². The van der Waals surface area contributed by atoms with E-state index in [2.05, 4.69) is 5.32 Å². The summed E-state index contributed by atoms with van der Waals surface area (Å²) in [5.41, 5.74) is 0.541. The van der Waals surface area contributed by atoms with Crippen molar-refractivity contribution in [1.82, 2.24) is 5.32 Å². The Labute approximate surface area is 124 Å². The van der Waals surface area contributed by atoms with Crippen molar-refractivity contribution in [2.24, 2.45) is 0 Å². The smallest absolute Gasteiger partial charge is 0.338 e. The fourth-order valence-corrected chi connectivity index (χ4v) is 2.03. The highest BCUT2D eigenvalue weighted by atomic mass is 16.7. The monoisotopic (exact) mass is 295 g/mol. The topological polar surface area (TPSA) is 66.0 Å². The van der Waals surface area contributed by atoms with Crippen molar-refractivity contribution in [2.75, 3.05) is 40.2 Å². The van der Waals surface area contributed by atoms with Gasteiger partial charge >= 0.3 is 5.97 Å². The number of rotatable bonds is 8. The van der Waals surface area contributed by atoms with Crippen molar-refractivity contribution >= 4 is 5.97 Å². The van der Waals surface area contributed by atoms with Gasteiger partial charge < -0.3 is 24.3 Å². The van der Waals surface area contributed by atoms with Gasteiger partial charge in [-0.1, -0.05) is 18.2 Å². The fourth-order valence-electron chi connectivity index (χ4n) is 2.03. The summed E-state index contributed by atoms with van der Waals surface area (Å²) >= 11 is 0. The van der Waals surface area contributed by atoms with E-state index in [1.165, 1.54) is 0 Å². The Kier molecular flexibility index (Phi) is 6.62. The van der Waals surface area contributed by atoms with Crippen LogP contribution in [0.2, 0.25) is 0 Å². The van der Waals surface area contributed by atoms with Crippen molar-refractivity contribution in [1.29, 1.82) is 0 Å². The second-order valence-electron chi connectivity index (χ2n) is 4.69. The molecule has 0 unspecified atom stereocenters. The van der Waals surface area contributed by atoms with Gasteiger partial charge in [-0.25, -0.2) is 4.79 Å². The van der Waals surface area contributed by atoms with Gasteiger partial charge in [0.15, 0.2) is 0 Å². The van der Waals surface area contributed by atoms with E-state index in [1.807, 2.05) is 6.07 Å². The van der Waals surface area contributed by atoms with Gasteiger partial charge in [0.2, 0.25) is 0 Å². The second kappa shape index (κ2) is 8.74. The number of carbonyl (C=O) groups is 1. The van der Waals surface area contributed by atoms with Gasteiger partial charge in [0.05, 0.1) is 18.8 Å². The SMILES string of the molecule is COCCOCO[C@H]1CNC[C@H]1OC(=O)c1ccccc1. The zero-order valence-electron chi connectivity index (χ0n) is 12.1. The Hall–Kier alpha value is -1.47. The van der Waals surface area contributed by atoms with Crippen LogP contribution in [0.15, 0.2) is 30.3 Å². The van der Waals surface area contributed by atoms with Crippen molar-refractivity contribution in [3.05, 3.63) is 35.9 Å². The van der Waals surface area contributed by atoms with Crippen LogP contribution in [0.4, 0.5) is 0 Å². The summed E-state index contributed by atoms with van der Waals surface area (Å²) in [6.45, 7) is 2.39. The van der Waals surface area contributed by atoms with Gasteiger partial charge in [0.25, 0.3) is 0 Å². The third-order valence-electron chi connectivity index (χ3n) is 3.17. The van der Waals surface area contributed by atoms with Crippen molar-refractivity contribution in [2.45, 2.75) is 12.2 Å². The second-order valence-corrected chi connectivity index (χ2v) is 4.69. The third kappa shape index (κ3) is 5.09. The van der Waals surface area contributed by atoms with E-state index in [0.717, 1.165) is 0 Å². The van der Waals surface area contributed by atoms with Gasteiger partial charge in [-0.05, 0) is 12.1 Å². The number of esters is 1. The third-order valence-corrected chi connectivity index (χ3v) is 3.17. The van der Waals surface area contributed by atoms with E-state index in [0.29, 0.717) is 31.9 Å². The standard InChI is InChI=1S/C15H21NO5/c1-18-7-8-19-11-20-13-9-16-10-14(13)21-15(17)12-5-3-2-4-6-12/h2-6,13-14,16H,7-11H2,1H3/t13-,14+/m0/s1. The zero-order valence-corrected chi connectivity index (χ0v) is 12.1. The first kappa shape index (κ1) is 15.9. The van der Waals surface area contributed by atoms with Crippen LogP contribution in [0.25, 0.3) is 0 Å². The number of hydrogen-bond donors (Lipinski definition) is 1. The molecule has 6 heteroatoms. The Balaban J connectivity index is 1.75. The summed E-state index contributed by atoms with van der Waals surface area (Å²) < 4.78 is 21.2. The first-order chi connectivity index (χ1) is 10.3. The molecule has 0 aromatic heterocycles. The molecule has 0 spiro atoms. The van der Waals surface area contributed by atoms with Crippen LogP contribution in [0.5, 0.6) is 0 Å². The number of nitrogens with one attached hydrogen (secondary N) is 1. The minimum absolute atomic E-state index is 0.162. The molecule has 1 N–H and O–H groups in total. The Morgan fingerprint density at radius 2 is 1.95 bits per heavy atom. The quantitative estimate of drug-likeness (QED) is 0.435. The lowest BCUT2D eigenvalue weighted by Gasteiger charge is -2.19. The van der Waals surface area contributed by atoms with Crippen LogP contribution in [-0.4, -0.2) is 58.4 Å². The summed E-state index contributed by atoms with van der Waals surface area (Å²) in [6, 6.07) is 8.93. The molecule has 1 aromatic carbocycles. The summed E-state index contributed by atoms with van der Waals surface area (Å²) in [4.78, 5) is 12.0. The highest BCUT2D eigenvalue weighted by molar-refractivity contribution is 5.89. The maximum atomic E-state index is 12.0. The van der Waals surface area contributed by atoms with Gasteiger partial charge in [-0.15, -0.1) is 0 Å². The molecule has 0 radical (unpaired) electrons. The van der Waals surface area contributed by atoms with E-state index >= 15 is 0 Å². The summed E-state index contributed by atoms with van der Waals surface area (Å²) in [5, 5.41) is 3.15. The Bertz CT molecular complexity index is 425. The molecule has 1 fully saturated rings. The molecule has 1 aliphatic heterocycles. The van der Waals surface area contributed by atoms with Gasteiger partial charge in [0, 0.05) is 20.2 Å². The maximum absolute atomic E-state index is 12.0. The largest absolute Gasteiger partial charge is 0.455 e. The number of benzene rings is 1. The predicted molar refractivity (Wildman–Crippen MR) is 76.1 cm³/mol. The van der Waals surface area contributed by atoms with E-state index in [4.69, 9.17) is 18.9 Å². The lowest BCUT2D eigenvalue weighted by atomic mass is 10.2. The molecule has 0 amide bonds. The Morgan fingerprint density at radius 1 is 1.19 bits per heavy atom. The first-order valence-electron chi connectivity index (χ1n) is 6.96. The van der Waals surface area contributed by atoms with Crippen LogP contribution < -0.4 is 5.32 Å². The van der Waals surface area contributed by atoms with Crippen LogP contribution in [-0.2, 0) is 18.9 Å². The highest BCUT2D eigenvalue weighted by Gasteiger charge is 2.31. The minimum atomic E-state index is -0.335. The van der Waals surface area contributed by atoms with Crippen LogP contribution in [0.1, 0.15) is 10.4 Å². The molecule has 0 aliphatic carbocycles. The van der Waals surface area contributed by atoms with Crippen molar-refractivity contribution in [3.63, 3.8) is 0 Å². The summed E-state index contributed by atoms with van der Waals surface area (Å²) in [7, 11) is 1.62. The molecular weight excluding hydrogens is 274 g/mol. The predicted octanol–water partition coefficient (Wildman–Crippen LogP) is 0.821. The van der Waals surface area contributed by atoms with Gasteiger partial charge in [-0.2, -0.15) is 0 Å². The minimum Gasteiger partial charge on any atom is -0.455 e. The van der Waals surface area contributed by atoms with Crippen LogP contribution >= 0.6 is 0 Å². The molecule has 6 nitrogen and oxygen atoms in total. The average molecular weight is 295 g/mol. The normalized spacial score (nSPS) is 21.4. The molecule has 0 saturated carbocycles. The van der Waals surface area contributed by atoms with Crippen molar-refractivity contribution < 1.29 is 23.7 Å². The lowest BCUT2D eigenvalue weighted by molar-refractivity contribution is -0.117. The molecule has 0 bridgehead atoms. The number of ether oxygens (including phenoxy) is 4. The number of hydrogen-bond acceptors (Lipinski definition) is 6. The van der Waals surface area contributed by atoms with Gasteiger partial charge in [-0.3, -0.25) is 0 Å². The average Bonchev–Trinajstić information content (AvgIpc) is 2.95.